The molecular formula is C29H35NO5. The Hall–Kier alpha value is -3.02. The molecule has 1 heterocycles. The molecule has 3 atom stereocenters. The molecule has 6 nitrogen and oxygen atoms in total. The van der Waals surface area contributed by atoms with Gasteiger partial charge in [-0.15, -0.1) is 0 Å². The third kappa shape index (κ3) is 4.75. The highest BCUT2D eigenvalue weighted by Crippen LogP contribution is 2.56. The number of hydrogen-bond donors (Lipinski definition) is 0. The highest BCUT2D eigenvalue weighted by Gasteiger charge is 2.55. The molecule has 5 rings (SSSR count). The highest BCUT2D eigenvalue weighted by molar-refractivity contribution is 5.69. The SMILES string of the molecule is CCCC(=O)OCOc1ccc2c(c1)[C@@]13CCCC[C@@H]1[C@H](C2)N(C(=O)OCc1ccccc1)CC3. The van der Waals surface area contributed by atoms with Gasteiger partial charge in [0.15, 0.2) is 0 Å². The monoisotopic (exact) mass is 477 g/mol. The van der Waals surface area contributed by atoms with Crippen molar-refractivity contribution in [2.45, 2.75) is 76.4 Å². The van der Waals surface area contributed by atoms with Gasteiger partial charge in [-0.05, 0) is 66.8 Å². The van der Waals surface area contributed by atoms with Crippen LogP contribution in [0.25, 0.3) is 0 Å². The zero-order chi connectivity index (χ0) is 24.3. The fourth-order valence-corrected chi connectivity index (χ4v) is 6.54. The number of benzene rings is 2. The first-order chi connectivity index (χ1) is 17.1. The lowest BCUT2D eigenvalue weighted by Gasteiger charge is -2.58. The summed E-state index contributed by atoms with van der Waals surface area (Å²) in [6, 6.07) is 16.3. The van der Waals surface area contributed by atoms with E-state index in [-0.39, 0.29) is 30.3 Å². The Balaban J connectivity index is 1.33. The fourth-order valence-electron chi connectivity index (χ4n) is 6.54. The second-order valence-corrected chi connectivity index (χ2v) is 10.1. The normalized spacial score (nSPS) is 24.7. The molecule has 0 aromatic heterocycles. The van der Waals surface area contributed by atoms with Gasteiger partial charge in [-0.25, -0.2) is 4.79 Å². The molecule has 2 fully saturated rings. The van der Waals surface area contributed by atoms with Gasteiger partial charge in [0.2, 0.25) is 6.79 Å². The predicted octanol–water partition coefficient (Wildman–Crippen LogP) is 5.76. The van der Waals surface area contributed by atoms with Crippen LogP contribution in [0, 0.1) is 5.92 Å². The van der Waals surface area contributed by atoms with Crippen molar-refractivity contribution >= 4 is 12.1 Å². The third-order valence-corrected chi connectivity index (χ3v) is 8.15. The molecule has 0 N–H and O–H groups in total. The van der Waals surface area contributed by atoms with Crippen molar-refractivity contribution in [1.29, 1.82) is 0 Å². The molecule has 0 radical (unpaired) electrons. The summed E-state index contributed by atoms with van der Waals surface area (Å²) in [6.45, 7) is 2.91. The fraction of sp³-hybridized carbons (Fsp3) is 0.517. The number of likely N-dealkylation sites (tertiary alicyclic amines) is 1. The van der Waals surface area contributed by atoms with Gasteiger partial charge >= 0.3 is 12.1 Å². The van der Waals surface area contributed by atoms with E-state index in [4.69, 9.17) is 14.2 Å². The molecule has 2 aliphatic carbocycles. The molecule has 3 aliphatic rings. The Morgan fingerprint density at radius 1 is 1.06 bits per heavy atom. The van der Waals surface area contributed by atoms with E-state index in [1.54, 1.807) is 0 Å². The van der Waals surface area contributed by atoms with Crippen LogP contribution in [0.15, 0.2) is 48.5 Å². The number of amides is 1. The average molecular weight is 478 g/mol. The summed E-state index contributed by atoms with van der Waals surface area (Å²) in [6.07, 6.45) is 7.44. The van der Waals surface area contributed by atoms with Gasteiger partial charge in [0, 0.05) is 24.4 Å². The van der Waals surface area contributed by atoms with Crippen molar-refractivity contribution in [1.82, 2.24) is 4.90 Å². The van der Waals surface area contributed by atoms with Crippen molar-refractivity contribution < 1.29 is 23.8 Å². The Morgan fingerprint density at radius 2 is 1.91 bits per heavy atom. The second-order valence-electron chi connectivity index (χ2n) is 10.1. The van der Waals surface area contributed by atoms with Gasteiger partial charge in [-0.2, -0.15) is 0 Å². The van der Waals surface area contributed by atoms with Crippen LogP contribution in [0.1, 0.15) is 68.6 Å². The van der Waals surface area contributed by atoms with Crippen LogP contribution < -0.4 is 4.74 Å². The standard InChI is InChI=1S/C29H35NO5/c1-2-8-27(31)35-20-34-23-13-12-22-17-26-24-11-6-7-14-29(24,25(22)18-23)15-16-30(26)28(32)33-19-21-9-4-3-5-10-21/h3-5,9-10,12-13,18,24,26H,2,6-8,11,14-17,19-20H2,1H3/t24-,26+,29-/m1/s1. The molecule has 1 amide bonds. The maximum Gasteiger partial charge on any atom is 0.410 e. The molecule has 0 unspecified atom stereocenters. The molecule has 1 aliphatic heterocycles. The molecule has 2 aromatic rings. The Labute approximate surface area is 207 Å². The van der Waals surface area contributed by atoms with E-state index in [0.29, 0.717) is 25.5 Å². The summed E-state index contributed by atoms with van der Waals surface area (Å²) >= 11 is 0. The number of esters is 1. The van der Waals surface area contributed by atoms with Gasteiger partial charge in [-0.3, -0.25) is 4.79 Å². The molecule has 6 heteroatoms. The summed E-state index contributed by atoms with van der Waals surface area (Å²) in [5.41, 5.74) is 3.74. The number of nitrogens with zero attached hydrogens (tertiary/aromatic N) is 1. The number of piperidine rings is 1. The first-order valence-corrected chi connectivity index (χ1v) is 13.0. The Kier molecular flexibility index (Phi) is 6.98. The first kappa shape index (κ1) is 23.7. The molecule has 2 aromatic carbocycles. The molecule has 1 saturated heterocycles. The molecule has 186 valence electrons. The lowest BCUT2D eigenvalue weighted by Crippen LogP contribution is -2.62. The molecular weight excluding hydrogens is 442 g/mol. The van der Waals surface area contributed by atoms with Gasteiger partial charge in [0.1, 0.15) is 12.4 Å². The summed E-state index contributed by atoms with van der Waals surface area (Å²) in [5, 5.41) is 0. The van der Waals surface area contributed by atoms with E-state index in [9.17, 15) is 9.59 Å². The van der Waals surface area contributed by atoms with Crippen LogP contribution >= 0.6 is 0 Å². The third-order valence-electron chi connectivity index (χ3n) is 8.15. The minimum Gasteiger partial charge on any atom is -0.457 e. The molecule has 35 heavy (non-hydrogen) atoms. The Bertz CT molecular complexity index is 1050. The van der Waals surface area contributed by atoms with E-state index in [0.717, 1.165) is 43.4 Å². The summed E-state index contributed by atoms with van der Waals surface area (Å²) < 4.78 is 16.8. The number of ether oxygens (including phenoxy) is 3. The first-order valence-electron chi connectivity index (χ1n) is 13.0. The van der Waals surface area contributed by atoms with Gasteiger partial charge < -0.3 is 19.1 Å². The van der Waals surface area contributed by atoms with Crippen molar-refractivity contribution in [2.75, 3.05) is 13.3 Å². The van der Waals surface area contributed by atoms with Crippen LogP contribution in [-0.4, -0.2) is 36.3 Å². The number of carbonyl (C=O) groups is 2. The van der Waals surface area contributed by atoms with Crippen LogP contribution in [0.2, 0.25) is 0 Å². The maximum absolute atomic E-state index is 13.2. The van der Waals surface area contributed by atoms with Crippen LogP contribution in [0.3, 0.4) is 0 Å². The van der Waals surface area contributed by atoms with Crippen molar-refractivity contribution in [3.8, 4) is 5.75 Å². The number of rotatable bonds is 7. The second kappa shape index (κ2) is 10.3. The highest BCUT2D eigenvalue weighted by atomic mass is 16.7. The van der Waals surface area contributed by atoms with Crippen LogP contribution in [-0.2, 0) is 32.7 Å². The zero-order valence-corrected chi connectivity index (χ0v) is 20.5. The van der Waals surface area contributed by atoms with Crippen molar-refractivity contribution in [2.24, 2.45) is 5.92 Å². The number of carbonyl (C=O) groups excluding carboxylic acids is 2. The largest absolute Gasteiger partial charge is 0.457 e. The summed E-state index contributed by atoms with van der Waals surface area (Å²) in [5.74, 6) is 0.945. The van der Waals surface area contributed by atoms with E-state index in [1.165, 1.54) is 24.0 Å². The van der Waals surface area contributed by atoms with Crippen LogP contribution in [0.4, 0.5) is 4.79 Å². The maximum atomic E-state index is 13.2. The summed E-state index contributed by atoms with van der Waals surface area (Å²) in [4.78, 5) is 26.8. The quantitative estimate of drug-likeness (QED) is 0.375. The lowest BCUT2D eigenvalue weighted by atomic mass is 9.52. The minimum absolute atomic E-state index is 0.0578. The van der Waals surface area contributed by atoms with Crippen LogP contribution in [0.5, 0.6) is 5.75 Å². The topological polar surface area (TPSA) is 65.1 Å². The smallest absolute Gasteiger partial charge is 0.410 e. The molecule has 0 spiro atoms. The van der Waals surface area contributed by atoms with E-state index < -0.39 is 0 Å². The lowest BCUT2D eigenvalue weighted by molar-refractivity contribution is -0.150. The van der Waals surface area contributed by atoms with E-state index in [2.05, 4.69) is 12.1 Å². The number of fused-ring (bicyclic) bond motifs is 1. The van der Waals surface area contributed by atoms with Gasteiger partial charge in [-0.1, -0.05) is 56.2 Å². The Morgan fingerprint density at radius 3 is 2.74 bits per heavy atom. The van der Waals surface area contributed by atoms with Gasteiger partial charge in [0.05, 0.1) is 0 Å². The van der Waals surface area contributed by atoms with Crippen molar-refractivity contribution in [3.63, 3.8) is 0 Å². The average Bonchev–Trinajstić information content (AvgIpc) is 2.88. The predicted molar refractivity (Wildman–Crippen MR) is 132 cm³/mol. The van der Waals surface area contributed by atoms with Gasteiger partial charge in [0.25, 0.3) is 0 Å². The summed E-state index contributed by atoms with van der Waals surface area (Å²) in [7, 11) is 0. The van der Waals surface area contributed by atoms with E-state index >= 15 is 0 Å². The molecule has 2 bridgehead atoms. The molecule has 1 saturated carbocycles. The van der Waals surface area contributed by atoms with E-state index in [1.807, 2.05) is 48.2 Å². The number of hydrogen-bond acceptors (Lipinski definition) is 5. The van der Waals surface area contributed by atoms with Crippen molar-refractivity contribution in [3.05, 3.63) is 65.2 Å². The minimum atomic E-state index is -0.231. The zero-order valence-electron chi connectivity index (χ0n) is 20.5.